The second-order valence-corrected chi connectivity index (χ2v) is 6.44. The van der Waals surface area contributed by atoms with Crippen LogP contribution < -0.4 is 4.90 Å². The largest absolute Gasteiger partial charge is 0.478 e. The summed E-state index contributed by atoms with van der Waals surface area (Å²) >= 11 is 5.93. The first kappa shape index (κ1) is 14.6. The van der Waals surface area contributed by atoms with Crippen LogP contribution in [0.1, 0.15) is 42.5 Å². The molecule has 114 valence electrons. The first-order chi connectivity index (χ1) is 9.99. The van der Waals surface area contributed by atoms with Gasteiger partial charge in [0.1, 0.15) is 16.5 Å². The van der Waals surface area contributed by atoms with Crippen molar-refractivity contribution in [2.45, 2.75) is 37.7 Å². The lowest BCUT2D eigenvalue weighted by atomic mass is 9.71. The Labute approximate surface area is 128 Å². The number of piperidine rings is 1. The van der Waals surface area contributed by atoms with Gasteiger partial charge in [-0.3, -0.25) is 0 Å². The molecule has 2 fully saturated rings. The quantitative estimate of drug-likeness (QED) is 0.821. The van der Waals surface area contributed by atoms with Crippen LogP contribution in [0.4, 0.5) is 5.82 Å². The molecule has 0 spiro atoms. The van der Waals surface area contributed by atoms with E-state index in [0.29, 0.717) is 30.5 Å². The summed E-state index contributed by atoms with van der Waals surface area (Å²) in [4.78, 5) is 17.5. The van der Waals surface area contributed by atoms with Gasteiger partial charge < -0.3 is 15.1 Å². The minimum atomic E-state index is -1.00. The molecular formula is C15H19ClN2O3. The van der Waals surface area contributed by atoms with E-state index in [2.05, 4.69) is 4.98 Å². The molecule has 0 aromatic carbocycles. The van der Waals surface area contributed by atoms with E-state index in [1.165, 1.54) is 12.1 Å². The lowest BCUT2D eigenvalue weighted by Gasteiger charge is -2.47. The lowest BCUT2D eigenvalue weighted by molar-refractivity contribution is -0.0613. The molecule has 1 aliphatic carbocycles. The van der Waals surface area contributed by atoms with E-state index in [-0.39, 0.29) is 11.5 Å². The average molecular weight is 311 g/mol. The predicted molar refractivity (Wildman–Crippen MR) is 79.9 cm³/mol. The third-order valence-corrected chi connectivity index (χ3v) is 5.01. The normalized spacial score (nSPS) is 29.0. The molecule has 2 heterocycles. The third kappa shape index (κ3) is 2.72. The molecule has 0 bridgehead atoms. The molecule has 5 nitrogen and oxygen atoms in total. The predicted octanol–water partition coefficient (Wildman–Crippen LogP) is 2.56. The Morgan fingerprint density at radius 3 is 2.95 bits per heavy atom. The van der Waals surface area contributed by atoms with E-state index in [1.54, 1.807) is 0 Å². The van der Waals surface area contributed by atoms with E-state index >= 15 is 0 Å². The highest BCUT2D eigenvalue weighted by atomic mass is 35.5. The number of aromatic carboxylic acids is 1. The van der Waals surface area contributed by atoms with Crippen molar-refractivity contribution in [1.29, 1.82) is 0 Å². The molecule has 1 aromatic rings. The van der Waals surface area contributed by atoms with Crippen LogP contribution in [0.2, 0.25) is 5.15 Å². The zero-order valence-corrected chi connectivity index (χ0v) is 12.5. The summed E-state index contributed by atoms with van der Waals surface area (Å²) < 4.78 is 0. The molecular weight excluding hydrogens is 292 g/mol. The number of carbonyl (C=O) groups is 1. The monoisotopic (exact) mass is 310 g/mol. The Morgan fingerprint density at radius 2 is 2.19 bits per heavy atom. The van der Waals surface area contributed by atoms with Gasteiger partial charge in [0.15, 0.2) is 0 Å². The van der Waals surface area contributed by atoms with Crippen LogP contribution in [0.15, 0.2) is 12.1 Å². The first-order valence-electron chi connectivity index (χ1n) is 7.37. The number of hydrogen-bond acceptors (Lipinski definition) is 4. The molecule has 2 unspecified atom stereocenters. The topological polar surface area (TPSA) is 73.7 Å². The van der Waals surface area contributed by atoms with Crippen molar-refractivity contribution in [2.75, 3.05) is 18.0 Å². The number of rotatable bonds is 2. The van der Waals surface area contributed by atoms with Crippen molar-refractivity contribution in [3.63, 3.8) is 0 Å². The number of aromatic nitrogens is 1. The zero-order valence-electron chi connectivity index (χ0n) is 11.8. The Morgan fingerprint density at radius 1 is 1.38 bits per heavy atom. The number of nitrogens with zero attached hydrogens (tertiary/aromatic N) is 2. The number of anilines is 1. The van der Waals surface area contributed by atoms with E-state index < -0.39 is 11.6 Å². The number of pyridine rings is 1. The second kappa shape index (κ2) is 5.46. The fraction of sp³-hybridized carbons (Fsp3) is 0.600. The van der Waals surface area contributed by atoms with Gasteiger partial charge in [-0.05, 0) is 31.4 Å². The van der Waals surface area contributed by atoms with Crippen molar-refractivity contribution < 1.29 is 15.0 Å². The summed E-state index contributed by atoms with van der Waals surface area (Å²) in [6, 6.07) is 2.99. The number of carboxylic acids is 1. The van der Waals surface area contributed by atoms with Crippen LogP contribution >= 0.6 is 11.6 Å². The number of fused-ring (bicyclic) bond motifs is 1. The van der Waals surface area contributed by atoms with Crippen LogP contribution in [-0.4, -0.2) is 39.9 Å². The van der Waals surface area contributed by atoms with E-state index in [4.69, 9.17) is 11.6 Å². The molecule has 1 aromatic heterocycles. The highest BCUT2D eigenvalue weighted by Gasteiger charge is 2.43. The Kier molecular flexibility index (Phi) is 3.80. The summed E-state index contributed by atoms with van der Waals surface area (Å²) in [7, 11) is 0. The van der Waals surface area contributed by atoms with E-state index in [9.17, 15) is 15.0 Å². The molecule has 2 atom stereocenters. The van der Waals surface area contributed by atoms with Crippen molar-refractivity contribution in [3.05, 3.63) is 22.8 Å². The van der Waals surface area contributed by atoms with Crippen LogP contribution in [0.25, 0.3) is 0 Å². The van der Waals surface area contributed by atoms with Gasteiger partial charge in [-0.2, -0.15) is 0 Å². The summed E-state index contributed by atoms with van der Waals surface area (Å²) in [6.45, 7) is 1.25. The Bertz CT molecular complexity index is 566. The summed E-state index contributed by atoms with van der Waals surface area (Å²) in [5, 5.41) is 20.3. The summed E-state index contributed by atoms with van der Waals surface area (Å²) in [5.41, 5.74) is -0.419. The third-order valence-electron chi connectivity index (χ3n) is 4.80. The Hall–Kier alpha value is -1.33. The zero-order chi connectivity index (χ0) is 15.0. The maximum atomic E-state index is 11.4. The minimum Gasteiger partial charge on any atom is -0.478 e. The molecule has 0 radical (unpaired) electrons. The fourth-order valence-corrected chi connectivity index (χ4v) is 3.74. The van der Waals surface area contributed by atoms with Gasteiger partial charge >= 0.3 is 5.97 Å². The van der Waals surface area contributed by atoms with Crippen molar-refractivity contribution >= 4 is 23.4 Å². The highest BCUT2D eigenvalue weighted by molar-refractivity contribution is 6.29. The molecule has 2 aliphatic rings. The van der Waals surface area contributed by atoms with Gasteiger partial charge in [0.05, 0.1) is 5.60 Å². The van der Waals surface area contributed by atoms with E-state index in [0.717, 1.165) is 25.7 Å². The maximum Gasteiger partial charge on any atom is 0.339 e. The molecule has 1 saturated heterocycles. The number of carboxylic acid groups (broad SMARTS) is 1. The highest BCUT2D eigenvalue weighted by Crippen LogP contribution is 2.41. The number of halogens is 1. The number of hydrogen-bond donors (Lipinski definition) is 2. The first-order valence-corrected chi connectivity index (χ1v) is 7.74. The van der Waals surface area contributed by atoms with Gasteiger partial charge in [-0.15, -0.1) is 0 Å². The van der Waals surface area contributed by atoms with Gasteiger partial charge in [-0.1, -0.05) is 24.4 Å². The Balaban J connectivity index is 1.88. The van der Waals surface area contributed by atoms with Crippen LogP contribution in [0, 0.1) is 5.92 Å². The molecule has 6 heteroatoms. The molecule has 3 rings (SSSR count). The van der Waals surface area contributed by atoms with Gasteiger partial charge in [0, 0.05) is 19.0 Å². The molecule has 1 saturated carbocycles. The SMILES string of the molecule is O=C(O)c1ccc(Cl)nc1N1CCC2(O)CCCCC2C1. The average Bonchev–Trinajstić information content (AvgIpc) is 2.45. The summed E-state index contributed by atoms with van der Waals surface area (Å²) in [6.07, 6.45) is 4.68. The fourth-order valence-electron chi connectivity index (χ4n) is 3.60. The lowest BCUT2D eigenvalue weighted by Crippen LogP contribution is -2.53. The molecule has 1 aliphatic heterocycles. The second-order valence-electron chi connectivity index (χ2n) is 6.05. The van der Waals surface area contributed by atoms with Gasteiger partial charge in [-0.25, -0.2) is 9.78 Å². The summed E-state index contributed by atoms with van der Waals surface area (Å²) in [5.74, 6) is -0.399. The molecule has 0 amide bonds. The number of aliphatic hydroxyl groups is 1. The smallest absolute Gasteiger partial charge is 0.339 e. The van der Waals surface area contributed by atoms with Crippen LogP contribution in [0.3, 0.4) is 0 Å². The van der Waals surface area contributed by atoms with Crippen LogP contribution in [-0.2, 0) is 0 Å². The van der Waals surface area contributed by atoms with Crippen molar-refractivity contribution in [1.82, 2.24) is 4.98 Å². The van der Waals surface area contributed by atoms with E-state index in [1.807, 2.05) is 4.90 Å². The molecule has 2 N–H and O–H groups in total. The maximum absolute atomic E-state index is 11.4. The van der Waals surface area contributed by atoms with Crippen molar-refractivity contribution in [3.8, 4) is 0 Å². The van der Waals surface area contributed by atoms with Gasteiger partial charge in [0.25, 0.3) is 0 Å². The van der Waals surface area contributed by atoms with Crippen molar-refractivity contribution in [2.24, 2.45) is 5.92 Å². The minimum absolute atomic E-state index is 0.167. The molecule has 21 heavy (non-hydrogen) atoms. The van der Waals surface area contributed by atoms with Crippen LogP contribution in [0.5, 0.6) is 0 Å². The van der Waals surface area contributed by atoms with Gasteiger partial charge in [0.2, 0.25) is 0 Å². The standard InChI is InChI=1S/C15H19ClN2O3/c16-12-5-4-11(14(19)20)13(17-12)18-8-7-15(21)6-2-1-3-10(15)9-18/h4-5,10,21H,1-3,6-9H2,(H,19,20).